The summed E-state index contributed by atoms with van der Waals surface area (Å²) in [6.45, 7) is 4.73. The molecule has 11 nitrogen and oxygen atoms in total. The molecular formula is C19H20N8O3. The monoisotopic (exact) mass is 408 g/mol. The first-order valence-corrected chi connectivity index (χ1v) is 9.36. The van der Waals surface area contributed by atoms with Gasteiger partial charge >= 0.3 is 5.97 Å². The molecule has 3 heterocycles. The Morgan fingerprint density at radius 3 is 2.63 bits per heavy atom. The van der Waals surface area contributed by atoms with E-state index in [1.54, 1.807) is 18.3 Å². The first-order valence-electron chi connectivity index (χ1n) is 9.36. The van der Waals surface area contributed by atoms with Crippen LogP contribution in [0.25, 0.3) is 33.8 Å². The number of H-pyrrole nitrogens is 1. The fourth-order valence-corrected chi connectivity index (χ4v) is 3.37. The number of benzene rings is 1. The van der Waals surface area contributed by atoms with E-state index in [1.165, 1.54) is 4.68 Å². The Kier molecular flexibility index (Phi) is 4.78. The zero-order valence-corrected chi connectivity index (χ0v) is 16.5. The number of nitrogens with one attached hydrogen (secondary N) is 1. The van der Waals surface area contributed by atoms with Crippen molar-refractivity contribution >= 4 is 22.8 Å². The largest absolute Gasteiger partial charge is 0.481 e. The zero-order chi connectivity index (χ0) is 21.4. The molecule has 0 unspecified atom stereocenters. The summed E-state index contributed by atoms with van der Waals surface area (Å²) < 4.78 is 3.35. The van der Waals surface area contributed by atoms with Crippen molar-refractivity contribution in [2.75, 3.05) is 0 Å². The van der Waals surface area contributed by atoms with E-state index in [0.29, 0.717) is 34.7 Å². The maximum Gasteiger partial charge on any atom is 0.305 e. The fourth-order valence-electron chi connectivity index (χ4n) is 3.37. The third-order valence-corrected chi connectivity index (χ3v) is 4.77. The second-order valence-corrected chi connectivity index (χ2v) is 6.84. The molecule has 0 aliphatic heterocycles. The third kappa shape index (κ3) is 3.41. The normalized spacial score (nSPS) is 11.3. The van der Waals surface area contributed by atoms with Crippen molar-refractivity contribution in [2.24, 2.45) is 5.73 Å². The van der Waals surface area contributed by atoms with Crippen LogP contribution in [0.3, 0.4) is 0 Å². The summed E-state index contributed by atoms with van der Waals surface area (Å²) in [6.07, 6.45) is 1.51. The molecule has 1 amide bonds. The second kappa shape index (κ2) is 7.43. The van der Waals surface area contributed by atoms with Crippen molar-refractivity contribution in [3.05, 3.63) is 35.7 Å². The number of primary amides is 1. The van der Waals surface area contributed by atoms with Gasteiger partial charge in [0.1, 0.15) is 5.69 Å². The summed E-state index contributed by atoms with van der Waals surface area (Å²) in [7, 11) is 0. The first-order chi connectivity index (χ1) is 14.4. The SMILES string of the molecule is CCn1nc(C)cc1-c1nnc(-c2cc(C(N)=O)cc3c2cnn3CCC(=O)O)[nH]1. The third-order valence-electron chi connectivity index (χ3n) is 4.77. The van der Waals surface area contributed by atoms with Gasteiger partial charge in [-0.15, -0.1) is 10.2 Å². The Hall–Kier alpha value is -4.02. The van der Waals surface area contributed by atoms with Gasteiger partial charge in [0.15, 0.2) is 11.6 Å². The number of aryl methyl sites for hydroxylation is 3. The summed E-state index contributed by atoms with van der Waals surface area (Å²) >= 11 is 0. The van der Waals surface area contributed by atoms with Gasteiger partial charge in [0, 0.05) is 23.1 Å². The molecule has 0 radical (unpaired) electrons. The Morgan fingerprint density at radius 2 is 1.93 bits per heavy atom. The number of aromatic amines is 1. The minimum absolute atomic E-state index is 0.0975. The summed E-state index contributed by atoms with van der Waals surface area (Å²) in [5.41, 5.74) is 8.63. The maximum atomic E-state index is 11.9. The number of carbonyl (C=O) groups excluding carboxylic acids is 1. The van der Waals surface area contributed by atoms with Crippen LogP contribution in [-0.2, 0) is 17.9 Å². The summed E-state index contributed by atoms with van der Waals surface area (Å²) in [5.74, 6) is -0.558. The molecule has 0 aliphatic carbocycles. The Balaban J connectivity index is 1.83. The van der Waals surface area contributed by atoms with Crippen molar-refractivity contribution in [3.63, 3.8) is 0 Å². The number of hydrogen-bond acceptors (Lipinski definition) is 6. The van der Waals surface area contributed by atoms with E-state index in [1.807, 2.05) is 24.6 Å². The van der Waals surface area contributed by atoms with Gasteiger partial charge in [-0.05, 0) is 32.0 Å². The summed E-state index contributed by atoms with van der Waals surface area (Å²) in [5, 5.41) is 26.9. The van der Waals surface area contributed by atoms with E-state index >= 15 is 0 Å². The van der Waals surface area contributed by atoms with Crippen LogP contribution in [0.4, 0.5) is 0 Å². The minimum Gasteiger partial charge on any atom is -0.481 e. The van der Waals surface area contributed by atoms with Crippen LogP contribution in [0.2, 0.25) is 0 Å². The second-order valence-electron chi connectivity index (χ2n) is 6.84. The fraction of sp³-hybridized carbons (Fsp3) is 0.263. The molecule has 0 spiro atoms. The molecule has 0 aliphatic rings. The van der Waals surface area contributed by atoms with E-state index in [9.17, 15) is 9.59 Å². The standard InChI is InChI=1S/C19H20N8O3/c1-3-26-15(6-10(2)25-26)19-22-18(23-24-19)12-7-11(17(20)30)8-14-13(12)9-21-27(14)5-4-16(28)29/h6-9H,3-5H2,1-2H3,(H2,20,30)(H,28,29)(H,22,23,24). The molecule has 4 aromatic rings. The number of carboxylic acids is 1. The predicted octanol–water partition coefficient (Wildman–Crippen LogP) is 1.59. The maximum absolute atomic E-state index is 11.9. The smallest absolute Gasteiger partial charge is 0.305 e. The molecule has 30 heavy (non-hydrogen) atoms. The summed E-state index contributed by atoms with van der Waals surface area (Å²) in [4.78, 5) is 26.0. The quantitative estimate of drug-likeness (QED) is 0.419. The molecule has 0 atom stereocenters. The van der Waals surface area contributed by atoms with Gasteiger partial charge in [-0.25, -0.2) is 0 Å². The van der Waals surface area contributed by atoms with Crippen LogP contribution in [0.5, 0.6) is 0 Å². The molecule has 3 aromatic heterocycles. The number of fused-ring (bicyclic) bond motifs is 1. The summed E-state index contributed by atoms with van der Waals surface area (Å²) in [6, 6.07) is 5.14. The molecule has 0 saturated carbocycles. The van der Waals surface area contributed by atoms with E-state index in [2.05, 4.69) is 25.4 Å². The first kappa shape index (κ1) is 19.3. The van der Waals surface area contributed by atoms with Crippen molar-refractivity contribution < 1.29 is 14.7 Å². The Labute approximate surface area is 170 Å². The van der Waals surface area contributed by atoms with Gasteiger partial charge in [0.2, 0.25) is 5.91 Å². The highest BCUT2D eigenvalue weighted by molar-refractivity contribution is 6.02. The minimum atomic E-state index is -0.937. The van der Waals surface area contributed by atoms with Gasteiger partial charge in [-0.2, -0.15) is 10.2 Å². The Morgan fingerprint density at radius 1 is 1.17 bits per heavy atom. The molecular weight excluding hydrogens is 388 g/mol. The lowest BCUT2D eigenvalue weighted by Crippen LogP contribution is -2.12. The van der Waals surface area contributed by atoms with E-state index in [4.69, 9.17) is 10.8 Å². The number of carbonyl (C=O) groups is 2. The van der Waals surface area contributed by atoms with Gasteiger partial charge < -0.3 is 15.8 Å². The van der Waals surface area contributed by atoms with Crippen molar-refractivity contribution in [1.82, 2.24) is 34.7 Å². The van der Waals surface area contributed by atoms with Crippen LogP contribution in [0.15, 0.2) is 24.4 Å². The lowest BCUT2D eigenvalue weighted by Gasteiger charge is -2.06. The highest BCUT2D eigenvalue weighted by Crippen LogP contribution is 2.29. The number of nitrogens with zero attached hydrogens (tertiary/aromatic N) is 6. The number of amides is 1. The number of carboxylic acid groups (broad SMARTS) is 1. The van der Waals surface area contributed by atoms with Crippen molar-refractivity contribution in [1.29, 1.82) is 0 Å². The van der Waals surface area contributed by atoms with Crippen LogP contribution in [0.1, 0.15) is 29.4 Å². The van der Waals surface area contributed by atoms with Crippen molar-refractivity contribution in [3.8, 4) is 22.9 Å². The molecule has 4 rings (SSSR count). The lowest BCUT2D eigenvalue weighted by atomic mass is 10.0. The molecule has 0 fully saturated rings. The number of nitrogens with two attached hydrogens (primary N) is 1. The molecule has 11 heteroatoms. The van der Waals surface area contributed by atoms with Gasteiger partial charge in [-0.3, -0.25) is 19.0 Å². The van der Waals surface area contributed by atoms with Crippen LogP contribution in [-0.4, -0.2) is 51.7 Å². The topological polar surface area (TPSA) is 158 Å². The van der Waals surface area contributed by atoms with E-state index in [0.717, 1.165) is 11.4 Å². The van der Waals surface area contributed by atoms with E-state index < -0.39 is 11.9 Å². The molecule has 154 valence electrons. The number of aromatic nitrogens is 7. The predicted molar refractivity (Wildman–Crippen MR) is 108 cm³/mol. The average Bonchev–Trinajstić information content (AvgIpc) is 3.43. The van der Waals surface area contributed by atoms with Crippen LogP contribution < -0.4 is 5.73 Å². The van der Waals surface area contributed by atoms with E-state index in [-0.39, 0.29) is 18.5 Å². The number of aliphatic carboxylic acids is 1. The highest BCUT2D eigenvalue weighted by atomic mass is 16.4. The number of rotatable bonds is 7. The zero-order valence-electron chi connectivity index (χ0n) is 16.5. The van der Waals surface area contributed by atoms with Crippen LogP contribution in [0, 0.1) is 6.92 Å². The average molecular weight is 408 g/mol. The Bertz CT molecular complexity index is 1270. The lowest BCUT2D eigenvalue weighted by molar-refractivity contribution is -0.137. The molecule has 1 aromatic carbocycles. The van der Waals surface area contributed by atoms with Gasteiger partial charge in [0.25, 0.3) is 0 Å². The van der Waals surface area contributed by atoms with Crippen LogP contribution >= 0.6 is 0 Å². The molecule has 0 saturated heterocycles. The van der Waals surface area contributed by atoms with Gasteiger partial charge in [0.05, 0.1) is 30.4 Å². The van der Waals surface area contributed by atoms with Gasteiger partial charge in [-0.1, -0.05) is 0 Å². The molecule has 0 bridgehead atoms. The molecule has 4 N–H and O–H groups in total. The van der Waals surface area contributed by atoms with Crippen molar-refractivity contribution in [2.45, 2.75) is 33.4 Å². The number of hydrogen-bond donors (Lipinski definition) is 3. The highest BCUT2D eigenvalue weighted by Gasteiger charge is 2.18.